The molecule has 40 heavy (non-hydrogen) atoms. The van der Waals surface area contributed by atoms with Gasteiger partial charge >= 0.3 is 0 Å². The van der Waals surface area contributed by atoms with Crippen LogP contribution in [0.25, 0.3) is 0 Å². The fraction of sp³-hybridized carbons (Fsp3) is 0.214. The Morgan fingerprint density at radius 1 is 1.02 bits per heavy atom. The van der Waals surface area contributed by atoms with Crippen molar-refractivity contribution >= 4 is 33.1 Å². The molecule has 4 aromatic rings. The second kappa shape index (κ2) is 10.9. The summed E-state index contributed by atoms with van der Waals surface area (Å²) in [5.41, 5.74) is 0.325. The van der Waals surface area contributed by atoms with Crippen LogP contribution in [0.3, 0.4) is 0 Å². The number of methoxy groups -OCH3 is 2. The summed E-state index contributed by atoms with van der Waals surface area (Å²) >= 11 is 6.50. The Hall–Kier alpha value is -3.96. The minimum Gasteiger partial charge on any atom is -0.497 e. The molecule has 1 aliphatic carbocycles. The summed E-state index contributed by atoms with van der Waals surface area (Å²) in [5, 5.41) is 3.10. The number of sulfonamides is 1. The molecule has 1 heterocycles. The molecule has 0 spiro atoms. The van der Waals surface area contributed by atoms with Crippen LogP contribution in [0.5, 0.6) is 11.5 Å². The lowest BCUT2D eigenvalue weighted by molar-refractivity contribution is 0.391. The smallest absolute Gasteiger partial charge is 0.268 e. The van der Waals surface area contributed by atoms with Gasteiger partial charge in [-0.25, -0.2) is 31.5 Å². The standard InChI is InChI=1S/C28H25ClF2N4O4S/c1-38-19-8-7-18(25(13-19)39-2)16-35(27-9-12-32-17-33-27)40(36,37)26-14-21(29)24(15-23(26)31)34-28(10-11-28)20-5-3-4-6-22(20)30/h3-9,12-15,17,34H,10-11,16H2,1-2H3. The number of ether oxygens (including phenoxy) is 2. The number of anilines is 2. The Bertz CT molecular complexity index is 1650. The highest BCUT2D eigenvalue weighted by atomic mass is 35.5. The van der Waals surface area contributed by atoms with Crippen LogP contribution < -0.4 is 19.1 Å². The van der Waals surface area contributed by atoms with E-state index in [1.165, 1.54) is 38.9 Å². The fourth-order valence-corrected chi connectivity index (χ4v) is 6.24. The van der Waals surface area contributed by atoms with E-state index in [9.17, 15) is 12.8 Å². The predicted molar refractivity (Wildman–Crippen MR) is 147 cm³/mol. The maximum absolute atomic E-state index is 15.6. The third kappa shape index (κ3) is 5.26. The summed E-state index contributed by atoms with van der Waals surface area (Å²) in [5.74, 6) is -0.520. The molecule has 1 fully saturated rings. The quantitative estimate of drug-likeness (QED) is 0.246. The van der Waals surface area contributed by atoms with Crippen molar-refractivity contribution in [2.75, 3.05) is 23.8 Å². The van der Waals surface area contributed by atoms with Gasteiger partial charge in [0.2, 0.25) is 0 Å². The molecule has 0 bridgehead atoms. The van der Waals surface area contributed by atoms with E-state index in [0.29, 0.717) is 35.5 Å². The number of hydrogen-bond acceptors (Lipinski definition) is 7. The van der Waals surface area contributed by atoms with E-state index in [0.717, 1.165) is 16.4 Å². The monoisotopic (exact) mass is 586 g/mol. The number of halogens is 3. The summed E-state index contributed by atoms with van der Waals surface area (Å²) < 4.78 is 69.6. The van der Waals surface area contributed by atoms with Gasteiger partial charge in [0.1, 0.15) is 40.2 Å². The Morgan fingerprint density at radius 2 is 1.80 bits per heavy atom. The van der Waals surface area contributed by atoms with E-state index in [-0.39, 0.29) is 23.1 Å². The lowest BCUT2D eigenvalue weighted by Crippen LogP contribution is -2.32. The Labute approximate surface area is 235 Å². The first-order chi connectivity index (χ1) is 19.2. The minimum absolute atomic E-state index is 0.0158. The van der Waals surface area contributed by atoms with Crippen molar-refractivity contribution in [3.63, 3.8) is 0 Å². The lowest BCUT2D eigenvalue weighted by Gasteiger charge is -2.25. The molecular weight excluding hydrogens is 562 g/mol. The Morgan fingerprint density at radius 3 is 2.45 bits per heavy atom. The zero-order chi connectivity index (χ0) is 28.5. The summed E-state index contributed by atoms with van der Waals surface area (Å²) in [6.07, 6.45) is 3.79. The van der Waals surface area contributed by atoms with Crippen molar-refractivity contribution in [1.29, 1.82) is 0 Å². The topological polar surface area (TPSA) is 93.7 Å². The van der Waals surface area contributed by atoms with E-state index in [2.05, 4.69) is 15.3 Å². The number of nitrogens with one attached hydrogen (secondary N) is 1. The minimum atomic E-state index is -4.54. The highest BCUT2D eigenvalue weighted by Gasteiger charge is 2.46. The van der Waals surface area contributed by atoms with Crippen LogP contribution in [-0.4, -0.2) is 32.6 Å². The number of rotatable bonds is 10. The number of aromatic nitrogens is 2. The fourth-order valence-electron chi connectivity index (χ4n) is 4.49. The average molecular weight is 587 g/mol. The largest absolute Gasteiger partial charge is 0.497 e. The van der Waals surface area contributed by atoms with E-state index in [1.807, 2.05) is 0 Å². The first-order valence-corrected chi connectivity index (χ1v) is 14.0. The molecule has 1 saturated carbocycles. The second-order valence-electron chi connectivity index (χ2n) is 9.21. The molecule has 1 aromatic heterocycles. The molecule has 1 aliphatic rings. The number of benzene rings is 3. The van der Waals surface area contributed by atoms with Gasteiger partial charge < -0.3 is 14.8 Å². The van der Waals surface area contributed by atoms with Crippen LogP contribution in [-0.2, 0) is 22.1 Å². The van der Waals surface area contributed by atoms with Gasteiger partial charge in [-0.15, -0.1) is 0 Å². The van der Waals surface area contributed by atoms with E-state index in [1.54, 1.807) is 36.4 Å². The zero-order valence-corrected chi connectivity index (χ0v) is 23.1. The van der Waals surface area contributed by atoms with Crippen LogP contribution in [0, 0.1) is 11.6 Å². The van der Waals surface area contributed by atoms with Gasteiger partial charge in [-0.3, -0.25) is 0 Å². The van der Waals surface area contributed by atoms with Gasteiger partial charge in [0.15, 0.2) is 0 Å². The molecule has 8 nitrogen and oxygen atoms in total. The first kappa shape index (κ1) is 27.6. The third-order valence-electron chi connectivity index (χ3n) is 6.73. The van der Waals surface area contributed by atoms with E-state index >= 15 is 4.39 Å². The van der Waals surface area contributed by atoms with Crippen molar-refractivity contribution < 1.29 is 26.7 Å². The van der Waals surface area contributed by atoms with Crippen molar-refractivity contribution in [2.45, 2.75) is 29.8 Å². The van der Waals surface area contributed by atoms with Gasteiger partial charge in [0.05, 0.1) is 37.0 Å². The van der Waals surface area contributed by atoms with Gasteiger partial charge in [0.25, 0.3) is 10.0 Å². The summed E-state index contributed by atoms with van der Waals surface area (Å²) in [7, 11) is -1.60. The van der Waals surface area contributed by atoms with Crippen LogP contribution in [0.15, 0.2) is 78.1 Å². The van der Waals surface area contributed by atoms with Crippen molar-refractivity contribution in [2.24, 2.45) is 0 Å². The summed E-state index contributed by atoms with van der Waals surface area (Å²) in [6.45, 7) is -0.236. The molecule has 1 N–H and O–H groups in total. The van der Waals surface area contributed by atoms with Crippen molar-refractivity contribution in [3.8, 4) is 11.5 Å². The maximum Gasteiger partial charge on any atom is 0.268 e. The molecule has 0 unspecified atom stereocenters. The molecule has 0 aliphatic heterocycles. The normalized spacial score (nSPS) is 13.9. The maximum atomic E-state index is 15.6. The highest BCUT2D eigenvalue weighted by molar-refractivity contribution is 7.92. The number of hydrogen-bond donors (Lipinski definition) is 1. The summed E-state index contributed by atoms with van der Waals surface area (Å²) in [4.78, 5) is 7.30. The van der Waals surface area contributed by atoms with Crippen LogP contribution in [0.1, 0.15) is 24.0 Å². The SMILES string of the molecule is COc1ccc(CN(c2ccncn2)S(=O)(=O)c2cc(Cl)c(NC3(c4ccccc4F)CC3)cc2F)c(OC)c1. The zero-order valence-electron chi connectivity index (χ0n) is 21.6. The molecular formula is C28H25ClF2N4O4S. The molecule has 5 rings (SSSR count). The van der Waals surface area contributed by atoms with Crippen molar-refractivity contribution in [1.82, 2.24) is 9.97 Å². The van der Waals surface area contributed by atoms with Crippen LogP contribution >= 0.6 is 11.6 Å². The van der Waals surface area contributed by atoms with Gasteiger partial charge in [-0.05, 0) is 43.2 Å². The summed E-state index contributed by atoms with van der Waals surface area (Å²) in [6, 6.07) is 14.7. The molecule has 0 atom stereocenters. The average Bonchev–Trinajstić information content (AvgIpc) is 3.74. The van der Waals surface area contributed by atoms with Crippen molar-refractivity contribution in [3.05, 3.63) is 101 Å². The molecule has 208 valence electrons. The van der Waals surface area contributed by atoms with Gasteiger partial charge in [-0.1, -0.05) is 29.8 Å². The molecule has 3 aromatic carbocycles. The number of nitrogens with zero attached hydrogens (tertiary/aromatic N) is 3. The van der Waals surface area contributed by atoms with Gasteiger partial charge in [-0.2, -0.15) is 0 Å². The predicted octanol–water partition coefficient (Wildman–Crippen LogP) is 5.92. The van der Waals surface area contributed by atoms with Gasteiger partial charge in [0, 0.05) is 29.5 Å². The van der Waals surface area contributed by atoms with Crippen LogP contribution in [0.2, 0.25) is 5.02 Å². The molecule has 0 amide bonds. The highest BCUT2D eigenvalue weighted by Crippen LogP contribution is 2.50. The molecule has 12 heteroatoms. The lowest BCUT2D eigenvalue weighted by atomic mass is 10.0. The van der Waals surface area contributed by atoms with E-state index < -0.39 is 32.1 Å². The third-order valence-corrected chi connectivity index (χ3v) is 8.81. The van der Waals surface area contributed by atoms with E-state index in [4.69, 9.17) is 21.1 Å². The first-order valence-electron chi connectivity index (χ1n) is 12.2. The second-order valence-corrected chi connectivity index (χ2v) is 11.4. The molecule has 0 radical (unpaired) electrons. The van der Waals surface area contributed by atoms with Crippen LogP contribution in [0.4, 0.5) is 20.3 Å². The Kier molecular flexibility index (Phi) is 7.52. The Balaban J connectivity index is 1.52. The molecule has 0 saturated heterocycles.